The summed E-state index contributed by atoms with van der Waals surface area (Å²) in [7, 11) is -2.77. The van der Waals surface area contributed by atoms with Gasteiger partial charge in [0.05, 0.1) is 28.8 Å². The number of benzene rings is 3. The monoisotopic (exact) mass is 621 g/mol. The van der Waals surface area contributed by atoms with Crippen LogP contribution in [0.1, 0.15) is 15.9 Å². The number of nitrogens with zero attached hydrogens (tertiary/aromatic N) is 1. The third-order valence-corrected chi connectivity index (χ3v) is 8.85. The van der Waals surface area contributed by atoms with E-state index in [4.69, 9.17) is 37.9 Å². The number of aliphatic hydroxyl groups is 3. The van der Waals surface area contributed by atoms with Gasteiger partial charge in [-0.05, 0) is 53.6 Å². The summed E-state index contributed by atoms with van der Waals surface area (Å²) in [5, 5.41) is 43.2. The number of aliphatic hydroxyl groups excluding tert-OH is 3. The zero-order valence-electron chi connectivity index (χ0n) is 21.4. The number of hydrogen-bond acceptors (Lipinski definition) is 9. The molecule has 0 saturated carbocycles. The second kappa shape index (κ2) is 12.7. The number of methoxy groups -OCH3 is 1. The average molecular weight is 622 g/mol. The molecule has 0 aromatic heterocycles. The average Bonchev–Trinajstić information content (AvgIpc) is 2.97. The Hall–Kier alpha value is -3.25. The fourth-order valence-corrected chi connectivity index (χ4v) is 6.02. The molecule has 1 amide bonds. The van der Waals surface area contributed by atoms with Gasteiger partial charge in [0.2, 0.25) is 10.0 Å². The maximum atomic E-state index is 13.1. The molecule has 1 fully saturated rings. The van der Waals surface area contributed by atoms with Gasteiger partial charge in [-0.15, -0.1) is 0 Å². The van der Waals surface area contributed by atoms with Crippen molar-refractivity contribution in [1.82, 2.24) is 10.0 Å². The highest BCUT2D eigenvalue weighted by atomic mass is 35.5. The Kier molecular flexibility index (Phi) is 9.53. The first-order chi connectivity index (χ1) is 19.4. The first-order valence-corrected chi connectivity index (χ1v) is 14.3. The first kappa shape index (κ1) is 30.7. The number of amides is 1. The third-order valence-electron chi connectivity index (χ3n) is 6.45. The van der Waals surface area contributed by atoms with Crippen LogP contribution < -0.4 is 14.8 Å². The molecule has 1 saturated heterocycles. The third kappa shape index (κ3) is 6.81. The first-order valence-electron chi connectivity index (χ1n) is 12.1. The molecule has 11 nitrogen and oxygen atoms in total. The number of nitriles is 1. The van der Waals surface area contributed by atoms with Crippen molar-refractivity contribution in [1.29, 1.82) is 5.26 Å². The maximum Gasteiger partial charge on any atom is 0.251 e. The van der Waals surface area contributed by atoms with E-state index in [1.807, 2.05) is 6.07 Å². The zero-order chi connectivity index (χ0) is 29.9. The summed E-state index contributed by atoms with van der Waals surface area (Å²) < 4.78 is 38.3. The molecule has 3 aromatic rings. The lowest BCUT2D eigenvalue weighted by Crippen LogP contribution is -2.65. The van der Waals surface area contributed by atoms with Gasteiger partial charge in [0.15, 0.2) is 6.29 Å². The molecule has 5 atom stereocenters. The Bertz CT molecular complexity index is 1580. The highest BCUT2D eigenvalue weighted by Crippen LogP contribution is 2.30. The topological polar surface area (TPSA) is 178 Å². The quantitative estimate of drug-likeness (QED) is 0.252. The van der Waals surface area contributed by atoms with Gasteiger partial charge in [-0.25, -0.2) is 13.1 Å². The number of carbonyl (C=O) groups is 1. The lowest BCUT2D eigenvalue weighted by Gasteiger charge is -2.41. The highest BCUT2D eigenvalue weighted by molar-refractivity contribution is 7.89. The summed E-state index contributed by atoms with van der Waals surface area (Å²) in [5.74, 6) is -0.363. The van der Waals surface area contributed by atoms with Crippen LogP contribution in [0, 0.1) is 11.3 Å². The predicted octanol–water partition coefficient (Wildman–Crippen LogP) is 2.06. The van der Waals surface area contributed by atoms with Crippen LogP contribution in [-0.2, 0) is 14.8 Å². The Morgan fingerprint density at radius 1 is 1.05 bits per heavy atom. The number of halogens is 2. The normalized spacial score (nSPS) is 22.5. The number of rotatable bonds is 8. The molecule has 4 rings (SSSR count). The van der Waals surface area contributed by atoms with Crippen molar-refractivity contribution in [2.24, 2.45) is 0 Å². The van der Waals surface area contributed by atoms with Crippen molar-refractivity contribution in [3.05, 3.63) is 81.8 Å². The minimum Gasteiger partial charge on any atom is -0.497 e. The second-order valence-electron chi connectivity index (χ2n) is 9.09. The molecular weight excluding hydrogens is 597 g/mol. The minimum atomic E-state index is -4.20. The number of carbonyl (C=O) groups excluding carboxylic acids is 1. The lowest BCUT2D eigenvalue weighted by atomic mass is 9.96. The minimum absolute atomic E-state index is 0.0213. The molecule has 216 valence electrons. The van der Waals surface area contributed by atoms with Gasteiger partial charge in [-0.3, -0.25) is 4.79 Å². The standard InChI is InChI=1S/C27H25Cl2N3O8S/c1-39-18-10-16(15-7-5-14(12-30)6-8-15)9-17(11-18)26(35)32-23-25(34)24(33)20(40-27(23)36)13-31-41(37,38)21-4-2-3-19(28)22(21)29/h2-11,20,23-25,27,31,33-34,36H,13H2,1H3,(H,32,35)/t20-,23-,24-,25?,27?/m1/s1. The molecule has 14 heteroatoms. The number of sulfonamides is 1. The molecule has 41 heavy (non-hydrogen) atoms. The van der Waals surface area contributed by atoms with Gasteiger partial charge in [0, 0.05) is 12.1 Å². The largest absolute Gasteiger partial charge is 0.497 e. The van der Waals surface area contributed by atoms with Crippen LogP contribution in [0.3, 0.4) is 0 Å². The van der Waals surface area contributed by atoms with Crippen LogP contribution in [0.4, 0.5) is 0 Å². The summed E-state index contributed by atoms with van der Waals surface area (Å²) in [6, 6.07) is 16.0. The molecule has 0 aliphatic carbocycles. The molecule has 1 heterocycles. The Balaban J connectivity index is 1.46. The Morgan fingerprint density at radius 2 is 1.76 bits per heavy atom. The van der Waals surface area contributed by atoms with E-state index < -0.39 is 53.1 Å². The SMILES string of the molecule is COc1cc(C(=O)N[C@H]2C(O)O[C@H](CNS(=O)(=O)c3cccc(Cl)c3Cl)[C@@H](O)C2O)cc(-c2ccc(C#N)cc2)c1. The molecule has 0 radical (unpaired) electrons. The molecule has 1 aliphatic heterocycles. The number of nitrogens with one attached hydrogen (secondary N) is 2. The van der Waals surface area contributed by atoms with Crippen molar-refractivity contribution in [3.63, 3.8) is 0 Å². The smallest absolute Gasteiger partial charge is 0.251 e. The van der Waals surface area contributed by atoms with Crippen LogP contribution in [0.15, 0.2) is 65.6 Å². The summed E-state index contributed by atoms with van der Waals surface area (Å²) in [6.07, 6.45) is -6.60. The fraction of sp³-hybridized carbons (Fsp3) is 0.259. The number of ether oxygens (including phenoxy) is 2. The molecule has 3 aromatic carbocycles. The van der Waals surface area contributed by atoms with Crippen molar-refractivity contribution in [2.45, 2.75) is 35.5 Å². The van der Waals surface area contributed by atoms with E-state index in [0.717, 1.165) is 0 Å². The fourth-order valence-electron chi connectivity index (χ4n) is 4.22. The summed E-state index contributed by atoms with van der Waals surface area (Å²) >= 11 is 11.9. The van der Waals surface area contributed by atoms with Gasteiger partial charge < -0.3 is 30.1 Å². The van der Waals surface area contributed by atoms with Gasteiger partial charge >= 0.3 is 0 Å². The summed E-state index contributed by atoms with van der Waals surface area (Å²) in [4.78, 5) is 12.8. The van der Waals surface area contributed by atoms with E-state index in [1.54, 1.807) is 36.4 Å². The summed E-state index contributed by atoms with van der Waals surface area (Å²) in [6.45, 7) is -0.537. The van der Waals surface area contributed by atoms with Crippen molar-refractivity contribution in [3.8, 4) is 22.9 Å². The van der Waals surface area contributed by atoms with Gasteiger partial charge in [0.1, 0.15) is 35.0 Å². The van der Waals surface area contributed by atoms with Crippen LogP contribution >= 0.6 is 23.2 Å². The van der Waals surface area contributed by atoms with Crippen LogP contribution in [0.25, 0.3) is 11.1 Å². The van der Waals surface area contributed by atoms with E-state index in [0.29, 0.717) is 22.4 Å². The molecule has 5 N–H and O–H groups in total. The second-order valence-corrected chi connectivity index (χ2v) is 11.6. The van der Waals surface area contributed by atoms with Gasteiger partial charge in [-0.1, -0.05) is 41.4 Å². The van der Waals surface area contributed by atoms with Crippen molar-refractivity contribution < 1.29 is 38.0 Å². The lowest BCUT2D eigenvalue weighted by molar-refractivity contribution is -0.243. The van der Waals surface area contributed by atoms with Crippen molar-refractivity contribution in [2.75, 3.05) is 13.7 Å². The van der Waals surface area contributed by atoms with E-state index >= 15 is 0 Å². The Morgan fingerprint density at radius 3 is 2.41 bits per heavy atom. The van der Waals surface area contributed by atoms with E-state index in [-0.39, 0.29) is 20.5 Å². The summed E-state index contributed by atoms with van der Waals surface area (Å²) in [5.41, 5.74) is 1.89. The predicted molar refractivity (Wildman–Crippen MR) is 149 cm³/mol. The molecule has 1 aliphatic rings. The number of hydrogen-bond donors (Lipinski definition) is 5. The Labute approximate surface area is 245 Å². The van der Waals surface area contributed by atoms with Crippen LogP contribution in [-0.4, -0.2) is 73.9 Å². The van der Waals surface area contributed by atoms with Crippen LogP contribution in [0.5, 0.6) is 5.75 Å². The molecule has 2 unspecified atom stereocenters. The van der Waals surface area contributed by atoms with Crippen molar-refractivity contribution >= 4 is 39.1 Å². The maximum absolute atomic E-state index is 13.1. The van der Waals surface area contributed by atoms with Gasteiger partial charge in [-0.2, -0.15) is 5.26 Å². The zero-order valence-corrected chi connectivity index (χ0v) is 23.7. The van der Waals surface area contributed by atoms with E-state index in [1.165, 1.54) is 31.4 Å². The highest BCUT2D eigenvalue weighted by Gasteiger charge is 2.45. The van der Waals surface area contributed by atoms with E-state index in [9.17, 15) is 28.5 Å². The van der Waals surface area contributed by atoms with E-state index in [2.05, 4.69) is 10.0 Å². The molecule has 0 bridgehead atoms. The molecular formula is C27H25Cl2N3O8S. The molecule has 0 spiro atoms. The van der Waals surface area contributed by atoms with Crippen LogP contribution in [0.2, 0.25) is 10.0 Å². The van der Waals surface area contributed by atoms with Gasteiger partial charge in [0.25, 0.3) is 5.91 Å².